The molecule has 5 nitrogen and oxygen atoms in total. The fraction of sp³-hybridized carbons (Fsp3) is 0.667. The quantitative estimate of drug-likeness (QED) is 0.556. The summed E-state index contributed by atoms with van der Waals surface area (Å²) in [5.74, 6) is 0.474. The molecular weight excluding hydrogens is 292 g/mol. The lowest BCUT2D eigenvalue weighted by Crippen LogP contribution is -2.45. The van der Waals surface area contributed by atoms with Gasteiger partial charge in [-0.25, -0.2) is 0 Å². The van der Waals surface area contributed by atoms with E-state index < -0.39 is 0 Å². The predicted molar refractivity (Wildman–Crippen MR) is 87.6 cm³/mol. The first-order valence-electron chi connectivity index (χ1n) is 8.22. The van der Waals surface area contributed by atoms with Crippen LogP contribution in [0.5, 0.6) is 0 Å². The normalized spacial score (nSPS) is 25.4. The summed E-state index contributed by atoms with van der Waals surface area (Å²) in [4.78, 5) is 14.5. The van der Waals surface area contributed by atoms with Gasteiger partial charge in [-0.15, -0.1) is 0 Å². The molecule has 1 saturated heterocycles. The SMILES string of the molecule is C=C(C)C1CC(=O)C(C)=C(N2CCO[C@H](COCCC#N)C2)C1. The Morgan fingerprint density at radius 3 is 3.00 bits per heavy atom. The summed E-state index contributed by atoms with van der Waals surface area (Å²) in [6, 6.07) is 2.06. The number of nitrogens with zero attached hydrogens (tertiary/aromatic N) is 2. The molecule has 1 aliphatic heterocycles. The van der Waals surface area contributed by atoms with E-state index in [0.29, 0.717) is 32.7 Å². The Balaban J connectivity index is 1.99. The summed E-state index contributed by atoms with van der Waals surface area (Å²) in [6.45, 7) is 11.1. The Morgan fingerprint density at radius 2 is 2.30 bits per heavy atom. The summed E-state index contributed by atoms with van der Waals surface area (Å²) in [7, 11) is 0. The lowest BCUT2D eigenvalue weighted by atomic mass is 9.82. The van der Waals surface area contributed by atoms with Crippen molar-refractivity contribution in [2.75, 3.05) is 32.9 Å². The van der Waals surface area contributed by atoms with Crippen LogP contribution in [0.1, 0.15) is 33.1 Å². The molecule has 0 aromatic rings. The summed E-state index contributed by atoms with van der Waals surface area (Å²) < 4.78 is 11.2. The minimum absolute atomic E-state index is 0.0111. The number of hydrogen-bond acceptors (Lipinski definition) is 5. The maximum Gasteiger partial charge on any atom is 0.160 e. The highest BCUT2D eigenvalue weighted by atomic mass is 16.5. The van der Waals surface area contributed by atoms with Gasteiger partial charge < -0.3 is 14.4 Å². The van der Waals surface area contributed by atoms with Gasteiger partial charge >= 0.3 is 0 Å². The maximum atomic E-state index is 12.3. The van der Waals surface area contributed by atoms with Gasteiger partial charge in [-0.3, -0.25) is 4.79 Å². The van der Waals surface area contributed by atoms with Crippen molar-refractivity contribution in [1.29, 1.82) is 5.26 Å². The van der Waals surface area contributed by atoms with E-state index in [-0.39, 0.29) is 17.8 Å². The first kappa shape index (κ1) is 17.7. The summed E-state index contributed by atoms with van der Waals surface area (Å²) >= 11 is 0. The highest BCUT2D eigenvalue weighted by Crippen LogP contribution is 2.33. The van der Waals surface area contributed by atoms with Crippen LogP contribution >= 0.6 is 0 Å². The lowest BCUT2D eigenvalue weighted by Gasteiger charge is -2.39. The maximum absolute atomic E-state index is 12.3. The molecule has 2 aliphatic rings. The topological polar surface area (TPSA) is 62.6 Å². The molecule has 23 heavy (non-hydrogen) atoms. The van der Waals surface area contributed by atoms with Crippen molar-refractivity contribution in [3.63, 3.8) is 0 Å². The van der Waals surface area contributed by atoms with Crippen LogP contribution in [0.25, 0.3) is 0 Å². The number of morpholine rings is 1. The number of carbonyl (C=O) groups is 1. The number of nitriles is 1. The van der Waals surface area contributed by atoms with Gasteiger partial charge in [0.05, 0.1) is 38.4 Å². The number of carbonyl (C=O) groups excluding carboxylic acids is 1. The zero-order chi connectivity index (χ0) is 16.8. The van der Waals surface area contributed by atoms with Crippen LogP contribution in [-0.4, -0.2) is 49.7 Å². The molecule has 0 N–H and O–H groups in total. The number of ether oxygens (including phenoxy) is 2. The van der Waals surface area contributed by atoms with E-state index in [0.717, 1.165) is 36.4 Å². The molecule has 0 aromatic heterocycles. The number of allylic oxidation sites excluding steroid dienone is 3. The minimum Gasteiger partial charge on any atom is -0.378 e. The molecular formula is C18H26N2O3. The van der Waals surface area contributed by atoms with E-state index in [4.69, 9.17) is 14.7 Å². The first-order valence-corrected chi connectivity index (χ1v) is 8.22. The van der Waals surface area contributed by atoms with Gasteiger partial charge in [0.1, 0.15) is 0 Å². The number of ketones is 1. The zero-order valence-corrected chi connectivity index (χ0v) is 14.1. The van der Waals surface area contributed by atoms with E-state index in [1.165, 1.54) is 0 Å². The van der Waals surface area contributed by atoms with Crippen LogP contribution in [0.4, 0.5) is 0 Å². The number of Topliss-reactive ketones (excluding diaryl/α,β-unsaturated/α-hetero) is 1. The highest BCUT2D eigenvalue weighted by molar-refractivity contribution is 5.96. The fourth-order valence-electron chi connectivity index (χ4n) is 3.11. The molecule has 0 amide bonds. The number of hydrogen-bond donors (Lipinski definition) is 0. The van der Waals surface area contributed by atoms with Crippen LogP contribution < -0.4 is 0 Å². The van der Waals surface area contributed by atoms with Crippen molar-refractivity contribution in [1.82, 2.24) is 4.90 Å². The second-order valence-corrected chi connectivity index (χ2v) is 6.37. The lowest BCUT2D eigenvalue weighted by molar-refractivity contribution is -0.117. The predicted octanol–water partition coefficient (Wildman–Crippen LogP) is 2.45. The third kappa shape index (κ3) is 4.66. The monoisotopic (exact) mass is 318 g/mol. The zero-order valence-electron chi connectivity index (χ0n) is 14.1. The first-order chi connectivity index (χ1) is 11.0. The molecule has 1 fully saturated rings. The summed E-state index contributed by atoms with van der Waals surface area (Å²) in [5, 5.41) is 8.52. The van der Waals surface area contributed by atoms with Crippen molar-refractivity contribution < 1.29 is 14.3 Å². The van der Waals surface area contributed by atoms with Crippen molar-refractivity contribution in [2.45, 2.75) is 39.2 Å². The molecule has 1 unspecified atom stereocenters. The molecule has 0 aromatic carbocycles. The molecule has 2 rings (SSSR count). The van der Waals surface area contributed by atoms with Gasteiger partial charge in [0.25, 0.3) is 0 Å². The Hall–Kier alpha value is -1.64. The van der Waals surface area contributed by atoms with Crippen LogP contribution in [0, 0.1) is 17.2 Å². The van der Waals surface area contributed by atoms with Crippen LogP contribution in [0.15, 0.2) is 23.4 Å². The summed E-state index contributed by atoms with van der Waals surface area (Å²) in [5.41, 5.74) is 3.10. The largest absolute Gasteiger partial charge is 0.378 e. The van der Waals surface area contributed by atoms with Crippen molar-refractivity contribution in [2.24, 2.45) is 5.92 Å². The Bertz CT molecular complexity index is 533. The second kappa shape index (κ2) is 8.28. The average molecular weight is 318 g/mol. The van der Waals surface area contributed by atoms with Gasteiger partial charge in [0.15, 0.2) is 5.78 Å². The molecule has 0 radical (unpaired) electrons. The third-order valence-electron chi connectivity index (χ3n) is 4.60. The van der Waals surface area contributed by atoms with Gasteiger partial charge in [-0.2, -0.15) is 5.26 Å². The van der Waals surface area contributed by atoms with E-state index in [1.54, 1.807) is 0 Å². The third-order valence-corrected chi connectivity index (χ3v) is 4.60. The molecule has 0 spiro atoms. The van der Waals surface area contributed by atoms with Gasteiger partial charge in [-0.1, -0.05) is 12.2 Å². The fourth-order valence-corrected chi connectivity index (χ4v) is 3.11. The van der Waals surface area contributed by atoms with Gasteiger partial charge in [-0.05, 0) is 26.2 Å². The van der Waals surface area contributed by atoms with Gasteiger partial charge in [0, 0.05) is 30.8 Å². The highest BCUT2D eigenvalue weighted by Gasteiger charge is 2.31. The molecule has 126 valence electrons. The Kier molecular flexibility index (Phi) is 6.37. The molecule has 0 saturated carbocycles. The van der Waals surface area contributed by atoms with E-state index in [2.05, 4.69) is 17.5 Å². The Morgan fingerprint density at radius 1 is 1.52 bits per heavy atom. The van der Waals surface area contributed by atoms with E-state index in [1.807, 2.05) is 13.8 Å². The minimum atomic E-state index is -0.0111. The van der Waals surface area contributed by atoms with Crippen molar-refractivity contribution in [3.8, 4) is 6.07 Å². The second-order valence-electron chi connectivity index (χ2n) is 6.37. The van der Waals surface area contributed by atoms with E-state index >= 15 is 0 Å². The van der Waals surface area contributed by atoms with Crippen LogP contribution in [-0.2, 0) is 14.3 Å². The smallest absolute Gasteiger partial charge is 0.160 e. The molecule has 1 aliphatic carbocycles. The molecule has 1 heterocycles. The van der Waals surface area contributed by atoms with E-state index in [9.17, 15) is 4.79 Å². The molecule has 5 heteroatoms. The number of rotatable bonds is 6. The van der Waals surface area contributed by atoms with Crippen molar-refractivity contribution in [3.05, 3.63) is 23.4 Å². The standard InChI is InChI=1S/C18H26N2O3/c1-13(2)15-9-17(14(3)18(21)10-15)20-6-8-23-16(11-20)12-22-7-4-5-19/h15-16H,1,4,6-12H2,2-3H3/t15?,16-/m0/s1. The van der Waals surface area contributed by atoms with Crippen LogP contribution in [0.2, 0.25) is 0 Å². The Labute approximate surface area is 138 Å². The van der Waals surface area contributed by atoms with Crippen LogP contribution in [0.3, 0.4) is 0 Å². The average Bonchev–Trinajstić information content (AvgIpc) is 2.54. The van der Waals surface area contributed by atoms with Crippen molar-refractivity contribution >= 4 is 5.78 Å². The molecule has 2 atom stereocenters. The van der Waals surface area contributed by atoms with Gasteiger partial charge in [0.2, 0.25) is 0 Å². The molecule has 0 bridgehead atoms. The summed E-state index contributed by atoms with van der Waals surface area (Å²) in [6.07, 6.45) is 1.85.